The molecule has 4 aromatic rings. The van der Waals surface area contributed by atoms with Gasteiger partial charge in [0.1, 0.15) is 11.5 Å². The number of hydrogen-bond acceptors (Lipinski definition) is 9. The molecule has 1 aliphatic heterocycles. The first-order valence-corrected chi connectivity index (χ1v) is 12.3. The van der Waals surface area contributed by atoms with Crippen LogP contribution in [0.2, 0.25) is 0 Å². The standard InChI is InChI=1S/C25H24FN5O4S/c1-34-23(32)7-6-17-24(33)28-18-12-20(22(13-19(18)27-17)31-8-10-35-11-9-31)29-25-30-21(14-36-25)15-2-4-16(26)5-3-15/h2-5,12-14H,6-11H2,1H3,(H,28,33)(H,29,30). The van der Waals surface area contributed by atoms with Crippen LogP contribution in [0.25, 0.3) is 22.3 Å². The van der Waals surface area contributed by atoms with Crippen molar-refractivity contribution < 1.29 is 18.7 Å². The molecule has 0 atom stereocenters. The van der Waals surface area contributed by atoms with E-state index < -0.39 is 5.97 Å². The van der Waals surface area contributed by atoms with Crippen LogP contribution < -0.4 is 15.8 Å². The highest BCUT2D eigenvalue weighted by atomic mass is 32.1. The Bertz CT molecular complexity index is 1450. The number of rotatable bonds is 7. The smallest absolute Gasteiger partial charge is 0.305 e. The van der Waals surface area contributed by atoms with Crippen LogP contribution in [0, 0.1) is 5.82 Å². The molecule has 0 aliphatic carbocycles. The van der Waals surface area contributed by atoms with E-state index in [1.807, 2.05) is 17.5 Å². The predicted octanol–water partition coefficient (Wildman–Crippen LogP) is 3.87. The quantitative estimate of drug-likeness (QED) is 0.362. The number of nitrogens with zero attached hydrogens (tertiary/aromatic N) is 3. The van der Waals surface area contributed by atoms with Crippen LogP contribution in [0.5, 0.6) is 0 Å². The van der Waals surface area contributed by atoms with E-state index in [2.05, 4.69) is 29.9 Å². The summed E-state index contributed by atoms with van der Waals surface area (Å²) in [5, 5.41) is 5.95. The number of ether oxygens (including phenoxy) is 2. The van der Waals surface area contributed by atoms with E-state index in [1.54, 1.807) is 12.1 Å². The second-order valence-electron chi connectivity index (χ2n) is 8.24. The van der Waals surface area contributed by atoms with Crippen LogP contribution in [0.1, 0.15) is 12.1 Å². The maximum Gasteiger partial charge on any atom is 0.305 e. The van der Waals surface area contributed by atoms with Crippen molar-refractivity contribution in [2.45, 2.75) is 12.8 Å². The molecule has 1 aliphatic rings. The normalized spacial score (nSPS) is 13.7. The lowest BCUT2D eigenvalue weighted by Crippen LogP contribution is -2.36. The molecule has 1 fully saturated rings. The number of carbonyl (C=O) groups excluding carboxylic acids is 1. The topological polar surface area (TPSA) is 109 Å². The lowest BCUT2D eigenvalue weighted by atomic mass is 10.1. The second-order valence-corrected chi connectivity index (χ2v) is 9.10. The molecule has 0 bridgehead atoms. The Morgan fingerprint density at radius 3 is 2.75 bits per heavy atom. The van der Waals surface area contributed by atoms with Crippen molar-refractivity contribution in [3.63, 3.8) is 0 Å². The van der Waals surface area contributed by atoms with Gasteiger partial charge in [-0.25, -0.2) is 14.4 Å². The van der Waals surface area contributed by atoms with Gasteiger partial charge < -0.3 is 24.7 Å². The zero-order valence-corrected chi connectivity index (χ0v) is 20.4. The fourth-order valence-corrected chi connectivity index (χ4v) is 4.75. The molecule has 11 heteroatoms. The van der Waals surface area contributed by atoms with Gasteiger partial charge in [-0.3, -0.25) is 9.59 Å². The maximum atomic E-state index is 13.3. The summed E-state index contributed by atoms with van der Waals surface area (Å²) in [6.45, 7) is 2.62. The van der Waals surface area contributed by atoms with Gasteiger partial charge in [0.15, 0.2) is 5.13 Å². The van der Waals surface area contributed by atoms with E-state index in [9.17, 15) is 14.0 Å². The number of H-pyrrole nitrogens is 1. The minimum absolute atomic E-state index is 0.0779. The molecule has 3 heterocycles. The van der Waals surface area contributed by atoms with Crippen molar-refractivity contribution in [1.82, 2.24) is 15.0 Å². The number of morpholine rings is 1. The van der Waals surface area contributed by atoms with Crippen molar-refractivity contribution in [2.24, 2.45) is 0 Å². The van der Waals surface area contributed by atoms with Gasteiger partial charge in [-0.2, -0.15) is 0 Å². The van der Waals surface area contributed by atoms with Gasteiger partial charge in [0, 0.05) is 30.5 Å². The van der Waals surface area contributed by atoms with E-state index in [0.717, 1.165) is 22.6 Å². The van der Waals surface area contributed by atoms with E-state index in [-0.39, 0.29) is 29.9 Å². The number of nitrogens with one attached hydrogen (secondary N) is 2. The average Bonchev–Trinajstić information content (AvgIpc) is 3.36. The third-order valence-electron chi connectivity index (χ3n) is 5.91. The molecule has 5 rings (SSSR count). The van der Waals surface area contributed by atoms with Crippen LogP contribution >= 0.6 is 11.3 Å². The summed E-state index contributed by atoms with van der Waals surface area (Å²) in [6, 6.07) is 9.97. The van der Waals surface area contributed by atoms with E-state index in [0.29, 0.717) is 42.5 Å². The van der Waals surface area contributed by atoms with Gasteiger partial charge in [0.05, 0.1) is 54.8 Å². The molecule has 0 unspecified atom stereocenters. The van der Waals surface area contributed by atoms with Gasteiger partial charge >= 0.3 is 5.97 Å². The number of aromatic amines is 1. The molecule has 2 aromatic heterocycles. The Kier molecular flexibility index (Phi) is 6.92. The molecule has 2 aromatic carbocycles. The summed E-state index contributed by atoms with van der Waals surface area (Å²) in [5.41, 5.74) is 4.35. The number of aryl methyl sites for hydroxylation is 1. The van der Waals surface area contributed by atoms with Gasteiger partial charge in [-0.1, -0.05) is 0 Å². The zero-order valence-electron chi connectivity index (χ0n) is 19.5. The molecule has 36 heavy (non-hydrogen) atoms. The zero-order chi connectivity index (χ0) is 25.1. The summed E-state index contributed by atoms with van der Waals surface area (Å²) in [5.74, 6) is -0.692. The van der Waals surface area contributed by atoms with Crippen LogP contribution in [-0.4, -0.2) is 54.3 Å². The highest BCUT2D eigenvalue weighted by Crippen LogP contribution is 2.35. The van der Waals surface area contributed by atoms with Gasteiger partial charge in [-0.15, -0.1) is 11.3 Å². The number of thiazole rings is 1. The van der Waals surface area contributed by atoms with Crippen molar-refractivity contribution in [1.29, 1.82) is 0 Å². The monoisotopic (exact) mass is 509 g/mol. The second kappa shape index (κ2) is 10.4. The number of benzene rings is 2. The molecule has 1 saturated heterocycles. The van der Waals surface area contributed by atoms with Crippen LogP contribution in [-0.2, 0) is 20.7 Å². The summed E-state index contributed by atoms with van der Waals surface area (Å²) in [7, 11) is 1.31. The fraction of sp³-hybridized carbons (Fsp3) is 0.280. The Morgan fingerprint density at radius 1 is 1.22 bits per heavy atom. The molecular formula is C25H24FN5O4S. The van der Waals surface area contributed by atoms with Gasteiger partial charge in [0.25, 0.3) is 5.56 Å². The third-order valence-corrected chi connectivity index (χ3v) is 6.67. The van der Waals surface area contributed by atoms with Crippen LogP contribution in [0.4, 0.5) is 20.9 Å². The molecule has 0 spiro atoms. The lowest BCUT2D eigenvalue weighted by Gasteiger charge is -2.30. The Morgan fingerprint density at radius 2 is 2.00 bits per heavy atom. The number of esters is 1. The minimum Gasteiger partial charge on any atom is -0.469 e. The number of fused-ring (bicyclic) bond motifs is 1. The number of carbonyl (C=O) groups is 1. The molecule has 186 valence electrons. The Balaban J connectivity index is 1.50. The van der Waals surface area contributed by atoms with E-state index in [4.69, 9.17) is 4.74 Å². The molecular weight excluding hydrogens is 485 g/mol. The van der Waals surface area contributed by atoms with Crippen LogP contribution in [0.15, 0.2) is 46.6 Å². The summed E-state index contributed by atoms with van der Waals surface area (Å²) >= 11 is 1.43. The van der Waals surface area contributed by atoms with Crippen molar-refractivity contribution in [2.75, 3.05) is 43.6 Å². The first-order valence-electron chi connectivity index (χ1n) is 11.4. The van der Waals surface area contributed by atoms with Gasteiger partial charge in [0.2, 0.25) is 0 Å². The SMILES string of the molecule is COC(=O)CCc1nc2cc(N3CCOCC3)c(Nc3nc(-c4ccc(F)cc4)cs3)cc2[nH]c1=O. The largest absolute Gasteiger partial charge is 0.469 e. The average molecular weight is 510 g/mol. The lowest BCUT2D eigenvalue weighted by molar-refractivity contribution is -0.140. The minimum atomic E-state index is -0.395. The summed E-state index contributed by atoms with van der Waals surface area (Å²) < 4.78 is 23.5. The number of methoxy groups -OCH3 is 1. The van der Waals surface area contributed by atoms with Gasteiger partial charge in [-0.05, 0) is 36.4 Å². The van der Waals surface area contributed by atoms with Crippen LogP contribution in [0.3, 0.4) is 0 Å². The number of halogens is 1. The maximum absolute atomic E-state index is 13.3. The van der Waals surface area contributed by atoms with E-state index in [1.165, 1.54) is 30.6 Å². The Labute approximate surface area is 209 Å². The molecule has 0 radical (unpaired) electrons. The first-order chi connectivity index (χ1) is 17.5. The number of anilines is 3. The summed E-state index contributed by atoms with van der Waals surface area (Å²) in [6.07, 6.45) is 0.268. The van der Waals surface area contributed by atoms with Crippen molar-refractivity contribution >= 4 is 44.8 Å². The highest BCUT2D eigenvalue weighted by molar-refractivity contribution is 7.14. The number of hydrogen-bond donors (Lipinski definition) is 2. The van der Waals surface area contributed by atoms with Crippen molar-refractivity contribution in [3.05, 3.63) is 63.6 Å². The third kappa shape index (κ3) is 5.21. The molecule has 0 saturated carbocycles. The molecule has 0 amide bonds. The first kappa shape index (κ1) is 23.9. The fourth-order valence-electron chi connectivity index (χ4n) is 4.02. The number of aromatic nitrogens is 3. The van der Waals surface area contributed by atoms with Crippen molar-refractivity contribution in [3.8, 4) is 11.3 Å². The summed E-state index contributed by atoms with van der Waals surface area (Å²) in [4.78, 5) is 38.5. The molecule has 9 nitrogen and oxygen atoms in total. The highest BCUT2D eigenvalue weighted by Gasteiger charge is 2.19. The Hall–Kier alpha value is -3.83. The van der Waals surface area contributed by atoms with E-state index >= 15 is 0 Å². The molecule has 2 N–H and O–H groups in total. The predicted molar refractivity (Wildman–Crippen MR) is 137 cm³/mol.